The molecule has 0 aromatic heterocycles. The van der Waals surface area contributed by atoms with Crippen LogP contribution in [-0.2, 0) is 0 Å². The van der Waals surface area contributed by atoms with Crippen LogP contribution in [0.25, 0.3) is 0 Å². The molecule has 4 aromatic rings. The first-order valence-corrected chi connectivity index (χ1v) is 12.4. The van der Waals surface area contributed by atoms with E-state index >= 15 is 0 Å². The minimum atomic E-state index is -0.681. The van der Waals surface area contributed by atoms with Crippen molar-refractivity contribution in [3.05, 3.63) is 130 Å². The highest BCUT2D eigenvalue weighted by Gasteiger charge is 2.38. The van der Waals surface area contributed by atoms with Crippen LogP contribution in [0.1, 0.15) is 62.1 Å². The van der Waals surface area contributed by atoms with Crippen molar-refractivity contribution in [1.29, 1.82) is 0 Å². The fourth-order valence-electron chi connectivity index (χ4n) is 4.56. The number of benzene rings is 4. The monoisotopic (exact) mass is 545 g/mol. The average molecular weight is 546 g/mol. The molecule has 3 N–H and O–H groups in total. The van der Waals surface area contributed by atoms with E-state index in [9.17, 15) is 28.8 Å². The van der Waals surface area contributed by atoms with E-state index < -0.39 is 35.4 Å². The second-order valence-electron chi connectivity index (χ2n) is 9.11. The van der Waals surface area contributed by atoms with Gasteiger partial charge in [0, 0.05) is 11.3 Å². The Labute approximate surface area is 232 Å². The summed E-state index contributed by atoms with van der Waals surface area (Å²) in [5, 5.41) is 4.45. The Balaban J connectivity index is 1.14. The normalized spacial score (nSPS) is 13.7. The number of fused-ring (bicyclic) bond motifs is 2. The molecule has 0 unspecified atom stereocenters. The van der Waals surface area contributed by atoms with Crippen molar-refractivity contribution >= 4 is 46.8 Å². The fourth-order valence-corrected chi connectivity index (χ4v) is 4.56. The second kappa shape index (κ2) is 9.89. The van der Waals surface area contributed by atoms with Gasteiger partial charge in [-0.15, -0.1) is 0 Å². The Morgan fingerprint density at radius 2 is 0.902 bits per heavy atom. The Morgan fingerprint density at radius 1 is 0.488 bits per heavy atom. The van der Waals surface area contributed by atoms with Gasteiger partial charge >= 0.3 is 0 Å². The number of anilines is 2. The molecule has 0 spiro atoms. The van der Waals surface area contributed by atoms with Gasteiger partial charge in [-0.2, -0.15) is 10.0 Å². The largest absolute Gasteiger partial charge is 0.355 e. The summed E-state index contributed by atoms with van der Waals surface area (Å²) in [7, 11) is 0. The number of imide groups is 2. The lowest BCUT2D eigenvalue weighted by Crippen LogP contribution is -2.46. The summed E-state index contributed by atoms with van der Waals surface area (Å²) < 4.78 is 0. The van der Waals surface area contributed by atoms with Gasteiger partial charge < -0.3 is 5.32 Å². The predicted octanol–water partition coefficient (Wildman–Crippen LogP) is 3.31. The van der Waals surface area contributed by atoms with Gasteiger partial charge in [-0.05, 0) is 60.7 Å². The summed E-state index contributed by atoms with van der Waals surface area (Å²) in [6, 6.07) is 25.2. The number of para-hydroxylation sites is 1. The highest BCUT2D eigenvalue weighted by atomic mass is 16.2. The topological polar surface area (TPSA) is 145 Å². The number of nitrogens with one attached hydrogen (secondary N) is 3. The third kappa shape index (κ3) is 4.36. The maximum atomic E-state index is 13.1. The van der Waals surface area contributed by atoms with Crippen LogP contribution in [0.15, 0.2) is 97.1 Å². The van der Waals surface area contributed by atoms with Gasteiger partial charge in [0.25, 0.3) is 35.4 Å². The Hall–Kier alpha value is -6.10. The number of carbonyl (C=O) groups is 6. The third-order valence-electron chi connectivity index (χ3n) is 6.61. The minimum absolute atomic E-state index is 0.163. The number of nitrogens with zero attached hydrogens (tertiary/aromatic N) is 2. The van der Waals surface area contributed by atoms with Gasteiger partial charge in [0.2, 0.25) is 0 Å². The smallest absolute Gasteiger partial charge is 0.280 e. The second-order valence-corrected chi connectivity index (χ2v) is 9.11. The molecule has 0 bridgehead atoms. The molecule has 6 amide bonds. The first-order chi connectivity index (χ1) is 19.8. The molecule has 11 nitrogen and oxygen atoms in total. The van der Waals surface area contributed by atoms with E-state index in [2.05, 4.69) is 16.2 Å². The lowest BCUT2D eigenvalue weighted by molar-refractivity contribution is 0.0513. The summed E-state index contributed by atoms with van der Waals surface area (Å²) in [6.45, 7) is 0. The maximum Gasteiger partial charge on any atom is 0.280 e. The molecule has 11 heteroatoms. The molecule has 0 saturated heterocycles. The Kier molecular flexibility index (Phi) is 6.08. The van der Waals surface area contributed by atoms with E-state index in [0.717, 1.165) is 0 Å². The van der Waals surface area contributed by atoms with Crippen molar-refractivity contribution in [3.63, 3.8) is 0 Å². The quantitative estimate of drug-likeness (QED) is 0.315. The van der Waals surface area contributed by atoms with Crippen LogP contribution in [0.2, 0.25) is 0 Å². The summed E-state index contributed by atoms with van der Waals surface area (Å²) >= 11 is 0. The maximum absolute atomic E-state index is 13.1. The van der Waals surface area contributed by atoms with E-state index in [-0.39, 0.29) is 33.4 Å². The van der Waals surface area contributed by atoms with Gasteiger partial charge in [0.1, 0.15) is 0 Å². The summed E-state index contributed by atoms with van der Waals surface area (Å²) in [6.07, 6.45) is 0. The number of hydrogen-bond acceptors (Lipinski definition) is 7. The number of rotatable bonds is 6. The fraction of sp³-hybridized carbons (Fsp3) is 0. The Morgan fingerprint density at radius 3 is 1.39 bits per heavy atom. The van der Waals surface area contributed by atoms with E-state index in [4.69, 9.17) is 0 Å². The van der Waals surface area contributed by atoms with Crippen molar-refractivity contribution in [1.82, 2.24) is 20.9 Å². The van der Waals surface area contributed by atoms with E-state index in [1.807, 2.05) is 0 Å². The lowest BCUT2D eigenvalue weighted by atomic mass is 10.1. The van der Waals surface area contributed by atoms with Gasteiger partial charge in [0.05, 0.1) is 33.5 Å². The van der Waals surface area contributed by atoms with Gasteiger partial charge in [-0.1, -0.05) is 36.4 Å². The van der Waals surface area contributed by atoms with Crippen LogP contribution in [0.3, 0.4) is 0 Å². The number of amides is 6. The van der Waals surface area contributed by atoms with Crippen molar-refractivity contribution in [2.24, 2.45) is 0 Å². The summed E-state index contributed by atoms with van der Waals surface area (Å²) in [4.78, 5) is 76.2. The highest BCUT2D eigenvalue weighted by molar-refractivity contribution is 6.23. The zero-order chi connectivity index (χ0) is 28.7. The van der Waals surface area contributed by atoms with Crippen molar-refractivity contribution < 1.29 is 28.8 Å². The van der Waals surface area contributed by atoms with Crippen LogP contribution in [0, 0.1) is 0 Å². The first-order valence-electron chi connectivity index (χ1n) is 12.4. The van der Waals surface area contributed by atoms with E-state index in [0.29, 0.717) is 21.4 Å². The molecule has 0 fully saturated rings. The molecule has 2 aliphatic heterocycles. The standard InChI is InChI=1S/C30H19N5O6/c36-25(32-34-27(38)19-7-1-2-8-20(19)28(34)39)17-13-15-18(16-14-17)31-24-12-6-5-11-23(24)26(37)33-35-29(40)21-9-3-4-10-22(21)30(35)41/h1-16,31H,(H,32,36)(H,33,37). The number of carbonyl (C=O) groups excluding carboxylic acids is 6. The number of hydrogen-bond donors (Lipinski definition) is 3. The zero-order valence-corrected chi connectivity index (χ0v) is 21.1. The molecular formula is C30H19N5O6. The van der Waals surface area contributed by atoms with Crippen LogP contribution in [0.5, 0.6) is 0 Å². The Bertz CT molecular complexity index is 1730. The summed E-state index contributed by atoms with van der Waals surface area (Å²) in [5.41, 5.74) is 6.80. The molecule has 6 rings (SSSR count). The summed E-state index contributed by atoms with van der Waals surface area (Å²) in [5.74, 6) is -3.83. The number of hydrazine groups is 2. The molecule has 0 aliphatic carbocycles. The molecular weight excluding hydrogens is 526 g/mol. The van der Waals surface area contributed by atoms with Crippen LogP contribution in [0.4, 0.5) is 11.4 Å². The van der Waals surface area contributed by atoms with Crippen molar-refractivity contribution in [2.75, 3.05) is 5.32 Å². The SMILES string of the molecule is O=C(NN1C(=O)c2ccccc2C1=O)c1ccc(Nc2ccccc2C(=O)NN2C(=O)c3ccccc3C2=O)cc1. The third-order valence-corrected chi connectivity index (χ3v) is 6.61. The van der Waals surface area contributed by atoms with E-state index in [1.165, 1.54) is 42.5 Å². The predicted molar refractivity (Wildman–Crippen MR) is 145 cm³/mol. The molecule has 0 saturated carbocycles. The average Bonchev–Trinajstić information content (AvgIpc) is 3.38. The van der Waals surface area contributed by atoms with Crippen LogP contribution < -0.4 is 16.2 Å². The van der Waals surface area contributed by atoms with Gasteiger partial charge in [0.15, 0.2) is 0 Å². The lowest BCUT2D eigenvalue weighted by Gasteiger charge is -2.17. The molecule has 41 heavy (non-hydrogen) atoms. The van der Waals surface area contributed by atoms with Crippen LogP contribution >= 0.6 is 0 Å². The molecule has 200 valence electrons. The first kappa shape index (κ1) is 25.2. The van der Waals surface area contributed by atoms with Gasteiger partial charge in [-0.25, -0.2) is 0 Å². The van der Waals surface area contributed by atoms with E-state index in [1.54, 1.807) is 54.6 Å². The zero-order valence-electron chi connectivity index (χ0n) is 21.1. The molecule has 0 radical (unpaired) electrons. The molecule has 0 atom stereocenters. The molecule has 4 aromatic carbocycles. The van der Waals surface area contributed by atoms with Gasteiger partial charge in [-0.3, -0.25) is 39.6 Å². The minimum Gasteiger partial charge on any atom is -0.355 e. The molecule has 2 aliphatic rings. The highest BCUT2D eigenvalue weighted by Crippen LogP contribution is 2.25. The van der Waals surface area contributed by atoms with Crippen molar-refractivity contribution in [3.8, 4) is 0 Å². The van der Waals surface area contributed by atoms with Crippen LogP contribution in [-0.4, -0.2) is 45.5 Å². The van der Waals surface area contributed by atoms with Crippen molar-refractivity contribution in [2.45, 2.75) is 0 Å². The molecule has 2 heterocycles.